The van der Waals surface area contributed by atoms with Gasteiger partial charge in [0.05, 0.1) is 21.6 Å². The van der Waals surface area contributed by atoms with Gasteiger partial charge in [-0.1, -0.05) is 16.4 Å². The Labute approximate surface area is 197 Å². The van der Waals surface area contributed by atoms with E-state index in [1.54, 1.807) is 25.1 Å². The summed E-state index contributed by atoms with van der Waals surface area (Å²) in [5.41, 5.74) is 6.03. The molecule has 0 fully saturated rings. The number of thioether (sulfide) groups is 1. The zero-order chi connectivity index (χ0) is 24.4. The van der Waals surface area contributed by atoms with Crippen LogP contribution in [0.5, 0.6) is 17.4 Å². The summed E-state index contributed by atoms with van der Waals surface area (Å²) in [5, 5.41) is 37.3. The second-order valence-electron chi connectivity index (χ2n) is 7.09. The summed E-state index contributed by atoms with van der Waals surface area (Å²) in [7, 11) is 1.43. The Hall–Kier alpha value is -4.49. The van der Waals surface area contributed by atoms with Crippen LogP contribution < -0.4 is 30.3 Å². The SMILES string of the molecule is CC(Sc1nc(N)c(C#N)c(-c2c([O-])on[n+]2C)c1C#N)C(=O)Nc1ccc2c(c1)OCCO2. The minimum Gasteiger partial charge on any atom is -0.539 e. The lowest BCUT2D eigenvalue weighted by atomic mass is 10.0. The molecule has 3 N–H and O–H groups in total. The van der Waals surface area contributed by atoms with Crippen molar-refractivity contribution >= 4 is 29.2 Å². The highest BCUT2D eigenvalue weighted by molar-refractivity contribution is 8.00. The van der Waals surface area contributed by atoms with E-state index in [0.717, 1.165) is 16.4 Å². The van der Waals surface area contributed by atoms with Crippen LogP contribution in [0.4, 0.5) is 11.5 Å². The van der Waals surface area contributed by atoms with Gasteiger partial charge >= 0.3 is 0 Å². The number of carbonyl (C=O) groups is 1. The molecule has 1 amide bonds. The van der Waals surface area contributed by atoms with Crippen molar-refractivity contribution in [3.05, 3.63) is 29.3 Å². The molecule has 1 unspecified atom stereocenters. The first-order valence-corrected chi connectivity index (χ1v) is 10.8. The number of nitrogens with zero attached hydrogens (tertiary/aromatic N) is 5. The Morgan fingerprint density at radius 3 is 2.62 bits per heavy atom. The third-order valence-electron chi connectivity index (χ3n) is 4.88. The van der Waals surface area contributed by atoms with Crippen molar-refractivity contribution in [1.82, 2.24) is 10.3 Å². The molecule has 0 spiro atoms. The summed E-state index contributed by atoms with van der Waals surface area (Å²) >= 11 is 0.954. The van der Waals surface area contributed by atoms with Gasteiger partial charge in [-0.05, 0) is 19.1 Å². The van der Waals surface area contributed by atoms with Gasteiger partial charge in [0.25, 0.3) is 5.69 Å². The topological polar surface area (TPSA) is 187 Å². The highest BCUT2D eigenvalue weighted by atomic mass is 32.2. The third kappa shape index (κ3) is 4.12. The van der Waals surface area contributed by atoms with Crippen LogP contribution in [0.3, 0.4) is 0 Å². The lowest BCUT2D eigenvalue weighted by Gasteiger charge is -2.19. The van der Waals surface area contributed by atoms with E-state index in [4.69, 9.17) is 15.2 Å². The van der Waals surface area contributed by atoms with Crippen molar-refractivity contribution in [2.75, 3.05) is 24.3 Å². The fourth-order valence-corrected chi connectivity index (χ4v) is 4.20. The molecule has 0 radical (unpaired) electrons. The number of hydrogen-bond acceptors (Lipinski definition) is 11. The molecule has 2 aromatic heterocycles. The summed E-state index contributed by atoms with van der Waals surface area (Å²) in [6, 6.07) is 8.87. The Kier molecular flexibility index (Phi) is 6.12. The first kappa shape index (κ1) is 22.7. The van der Waals surface area contributed by atoms with Crippen LogP contribution in [-0.4, -0.2) is 34.6 Å². The minimum atomic E-state index is -0.846. The van der Waals surface area contributed by atoms with Crippen LogP contribution >= 0.6 is 11.8 Å². The van der Waals surface area contributed by atoms with Crippen LogP contribution in [0.2, 0.25) is 0 Å². The third-order valence-corrected chi connectivity index (χ3v) is 5.97. The van der Waals surface area contributed by atoms with Crippen molar-refractivity contribution in [3.8, 4) is 40.8 Å². The number of carbonyl (C=O) groups excluding carboxylic acids is 1. The summed E-state index contributed by atoms with van der Waals surface area (Å²) in [6.45, 7) is 2.49. The van der Waals surface area contributed by atoms with Crippen LogP contribution in [-0.2, 0) is 11.8 Å². The van der Waals surface area contributed by atoms with Crippen molar-refractivity contribution in [2.24, 2.45) is 7.05 Å². The molecule has 3 aromatic rings. The number of aryl methyl sites for hydroxylation is 1. The molecule has 0 saturated heterocycles. The molecule has 0 bridgehead atoms. The molecule has 4 rings (SSSR count). The second kappa shape index (κ2) is 9.17. The van der Waals surface area contributed by atoms with Crippen LogP contribution in [0.15, 0.2) is 27.7 Å². The maximum Gasteiger partial charge on any atom is 0.266 e. The van der Waals surface area contributed by atoms with Gasteiger partial charge in [0, 0.05) is 11.8 Å². The Bertz CT molecular complexity index is 1360. The number of fused-ring (bicyclic) bond motifs is 1. The lowest BCUT2D eigenvalue weighted by molar-refractivity contribution is -0.730. The number of pyridine rings is 1. The van der Waals surface area contributed by atoms with Gasteiger partial charge in [0.15, 0.2) is 24.5 Å². The molecular weight excluding hydrogens is 462 g/mol. The summed E-state index contributed by atoms with van der Waals surface area (Å²) in [5.74, 6) is -0.301. The van der Waals surface area contributed by atoms with Gasteiger partial charge in [-0.2, -0.15) is 10.5 Å². The van der Waals surface area contributed by atoms with Crippen LogP contribution in [0.25, 0.3) is 11.3 Å². The van der Waals surface area contributed by atoms with E-state index < -0.39 is 11.2 Å². The number of nitrogens with one attached hydrogen (secondary N) is 1. The monoisotopic (exact) mass is 479 g/mol. The predicted octanol–water partition coefficient (Wildman–Crippen LogP) is 0.851. The van der Waals surface area contributed by atoms with E-state index in [1.165, 1.54) is 7.05 Å². The quantitative estimate of drug-likeness (QED) is 0.390. The average molecular weight is 479 g/mol. The highest BCUT2D eigenvalue weighted by Crippen LogP contribution is 2.38. The van der Waals surface area contributed by atoms with Gasteiger partial charge in [-0.25, -0.2) is 4.98 Å². The van der Waals surface area contributed by atoms with Crippen molar-refractivity contribution in [3.63, 3.8) is 0 Å². The van der Waals surface area contributed by atoms with E-state index in [1.807, 2.05) is 12.1 Å². The number of nitriles is 2. The first-order chi connectivity index (χ1) is 16.3. The molecule has 1 aliphatic rings. The molecule has 172 valence electrons. The second-order valence-corrected chi connectivity index (χ2v) is 8.42. The van der Waals surface area contributed by atoms with E-state index in [0.29, 0.717) is 30.4 Å². The van der Waals surface area contributed by atoms with E-state index >= 15 is 0 Å². The first-order valence-electron chi connectivity index (χ1n) is 9.88. The number of rotatable bonds is 5. The molecule has 0 saturated carbocycles. The Morgan fingerprint density at radius 2 is 1.97 bits per heavy atom. The summed E-state index contributed by atoms with van der Waals surface area (Å²) in [6.07, 6.45) is 0. The number of amides is 1. The van der Waals surface area contributed by atoms with E-state index in [-0.39, 0.29) is 39.1 Å². The molecular formula is C21H17N7O5S. The maximum absolute atomic E-state index is 12.8. The number of nitrogen functional groups attached to an aromatic ring is 1. The van der Waals surface area contributed by atoms with E-state index in [2.05, 4.69) is 20.1 Å². The molecule has 1 atom stereocenters. The molecule has 13 heteroatoms. The Balaban J connectivity index is 1.64. The number of nitrogens with two attached hydrogens (primary N) is 1. The molecule has 0 aliphatic carbocycles. The Morgan fingerprint density at radius 1 is 1.26 bits per heavy atom. The highest BCUT2D eigenvalue weighted by Gasteiger charge is 2.30. The maximum atomic E-state index is 12.8. The number of ether oxygens (including phenoxy) is 2. The number of aromatic nitrogens is 3. The molecule has 1 aromatic carbocycles. The average Bonchev–Trinajstić information content (AvgIpc) is 3.16. The van der Waals surface area contributed by atoms with E-state index in [9.17, 15) is 20.4 Å². The number of benzene rings is 1. The van der Waals surface area contributed by atoms with Crippen LogP contribution in [0.1, 0.15) is 18.1 Å². The lowest BCUT2D eigenvalue weighted by Crippen LogP contribution is -2.32. The van der Waals surface area contributed by atoms with Gasteiger partial charge < -0.3 is 30.2 Å². The van der Waals surface area contributed by atoms with Gasteiger partial charge in [-0.3, -0.25) is 4.79 Å². The van der Waals surface area contributed by atoms with Crippen LogP contribution in [0, 0.1) is 22.7 Å². The predicted molar refractivity (Wildman–Crippen MR) is 116 cm³/mol. The van der Waals surface area contributed by atoms with Crippen molar-refractivity contribution in [1.29, 1.82) is 10.5 Å². The summed E-state index contributed by atoms with van der Waals surface area (Å²) in [4.78, 5) is 17.0. The molecule has 34 heavy (non-hydrogen) atoms. The zero-order valence-corrected chi connectivity index (χ0v) is 18.8. The molecule has 12 nitrogen and oxygen atoms in total. The summed E-state index contributed by atoms with van der Waals surface area (Å²) < 4.78 is 16.7. The normalized spacial score (nSPS) is 12.9. The largest absolute Gasteiger partial charge is 0.539 e. The fraction of sp³-hybridized carbons (Fsp3) is 0.238. The smallest absolute Gasteiger partial charge is 0.266 e. The number of anilines is 2. The van der Waals surface area contributed by atoms with Crippen molar-refractivity contribution in [2.45, 2.75) is 17.2 Å². The van der Waals surface area contributed by atoms with Gasteiger partial charge in [-0.15, -0.1) is 0 Å². The minimum absolute atomic E-state index is 0.0480. The number of hydrogen-bond donors (Lipinski definition) is 2. The fourth-order valence-electron chi connectivity index (χ4n) is 3.28. The molecule has 1 aliphatic heterocycles. The van der Waals surface area contributed by atoms with Gasteiger partial charge in [0.1, 0.15) is 41.8 Å². The zero-order valence-electron chi connectivity index (χ0n) is 18.0. The van der Waals surface area contributed by atoms with Crippen molar-refractivity contribution < 1.29 is 28.6 Å². The standard InChI is InChI=1S/C21H17N7O5S/c1-10(19(29)25-11-3-4-14-15(7-11)32-6-5-31-14)34-20-13(9-23)16(12(8-22)18(24)26-20)17-21(30)33-27-28(17)2/h3-4,7,10H,5-6H2,1-2H3,(H3-,24,25,26,27,29,30). The molecule has 3 heterocycles. The van der Waals surface area contributed by atoms with Gasteiger partial charge in [0.2, 0.25) is 5.91 Å².